The molecular formula is C15H13IO2S. The SMILES string of the molecule is CCc1ccc(Sc2ccc(I)c(C(=O)O)c2)cc1. The highest BCUT2D eigenvalue weighted by atomic mass is 127. The van der Waals surface area contributed by atoms with Crippen LogP contribution in [0, 0.1) is 3.57 Å². The topological polar surface area (TPSA) is 37.3 Å². The van der Waals surface area contributed by atoms with Gasteiger partial charge in [0.05, 0.1) is 5.56 Å². The third-order valence-corrected chi connectivity index (χ3v) is 4.67. The summed E-state index contributed by atoms with van der Waals surface area (Å²) in [6.07, 6.45) is 1.03. The number of hydrogen-bond acceptors (Lipinski definition) is 2. The molecule has 0 aliphatic heterocycles. The van der Waals surface area contributed by atoms with Crippen LogP contribution in [0.15, 0.2) is 52.3 Å². The molecule has 0 aliphatic carbocycles. The minimum Gasteiger partial charge on any atom is -0.478 e. The van der Waals surface area contributed by atoms with Crippen molar-refractivity contribution in [1.29, 1.82) is 0 Å². The Morgan fingerprint density at radius 2 is 1.79 bits per heavy atom. The van der Waals surface area contributed by atoms with Gasteiger partial charge in [-0.25, -0.2) is 4.79 Å². The Kier molecular flexibility index (Phi) is 4.87. The predicted molar refractivity (Wildman–Crippen MR) is 86.1 cm³/mol. The Morgan fingerprint density at radius 3 is 2.37 bits per heavy atom. The molecule has 0 aromatic heterocycles. The van der Waals surface area contributed by atoms with Gasteiger partial charge in [0, 0.05) is 13.4 Å². The smallest absolute Gasteiger partial charge is 0.336 e. The zero-order chi connectivity index (χ0) is 13.8. The molecule has 0 fully saturated rings. The summed E-state index contributed by atoms with van der Waals surface area (Å²) in [5.41, 5.74) is 1.66. The van der Waals surface area contributed by atoms with Gasteiger partial charge in [0.2, 0.25) is 0 Å². The molecule has 0 heterocycles. The van der Waals surface area contributed by atoms with E-state index in [-0.39, 0.29) is 0 Å². The number of benzene rings is 2. The second-order valence-corrected chi connectivity index (χ2v) is 6.36. The van der Waals surface area contributed by atoms with E-state index in [0.29, 0.717) is 5.56 Å². The van der Waals surface area contributed by atoms with Crippen LogP contribution in [0.25, 0.3) is 0 Å². The van der Waals surface area contributed by atoms with E-state index in [1.54, 1.807) is 17.8 Å². The molecule has 0 unspecified atom stereocenters. The maximum absolute atomic E-state index is 11.1. The number of aryl methyl sites for hydroxylation is 1. The molecule has 1 N–H and O–H groups in total. The minimum absolute atomic E-state index is 0.357. The Bertz CT molecular complexity index is 594. The van der Waals surface area contributed by atoms with E-state index in [2.05, 4.69) is 31.2 Å². The van der Waals surface area contributed by atoms with Crippen LogP contribution in [0.2, 0.25) is 0 Å². The standard InChI is InChI=1S/C15H13IO2S/c1-2-10-3-5-11(6-4-10)19-12-7-8-14(16)13(9-12)15(17)18/h3-9H,2H2,1H3,(H,17,18). The molecule has 19 heavy (non-hydrogen) atoms. The van der Waals surface area contributed by atoms with Crippen LogP contribution in [0.4, 0.5) is 0 Å². The summed E-state index contributed by atoms with van der Waals surface area (Å²) in [5.74, 6) is -0.881. The Labute approximate surface area is 130 Å². The Balaban J connectivity index is 2.22. The fourth-order valence-electron chi connectivity index (χ4n) is 1.66. The molecule has 98 valence electrons. The van der Waals surface area contributed by atoms with E-state index in [1.807, 2.05) is 34.7 Å². The number of rotatable bonds is 4. The fourth-order valence-corrected chi connectivity index (χ4v) is 3.08. The number of halogens is 1. The van der Waals surface area contributed by atoms with Crippen LogP contribution in [-0.4, -0.2) is 11.1 Å². The summed E-state index contributed by atoms with van der Waals surface area (Å²) in [6.45, 7) is 2.13. The lowest BCUT2D eigenvalue weighted by molar-refractivity contribution is 0.0695. The maximum Gasteiger partial charge on any atom is 0.336 e. The summed E-state index contributed by atoms with van der Waals surface area (Å²) in [5, 5.41) is 9.11. The first-order valence-electron chi connectivity index (χ1n) is 5.90. The molecule has 0 spiro atoms. The van der Waals surface area contributed by atoms with Crippen LogP contribution in [0.1, 0.15) is 22.8 Å². The summed E-state index contributed by atoms with van der Waals surface area (Å²) < 4.78 is 0.760. The van der Waals surface area contributed by atoms with E-state index in [1.165, 1.54) is 5.56 Å². The first-order chi connectivity index (χ1) is 9.10. The van der Waals surface area contributed by atoms with Crippen molar-refractivity contribution < 1.29 is 9.90 Å². The van der Waals surface area contributed by atoms with Crippen molar-refractivity contribution in [3.05, 3.63) is 57.2 Å². The zero-order valence-corrected chi connectivity index (χ0v) is 13.4. The molecule has 0 bridgehead atoms. The number of carboxylic acid groups (broad SMARTS) is 1. The van der Waals surface area contributed by atoms with Gasteiger partial charge in [0.15, 0.2) is 0 Å². The van der Waals surface area contributed by atoms with E-state index in [9.17, 15) is 4.79 Å². The first-order valence-corrected chi connectivity index (χ1v) is 7.79. The number of carbonyl (C=O) groups is 1. The van der Waals surface area contributed by atoms with E-state index in [0.717, 1.165) is 19.8 Å². The summed E-state index contributed by atoms with van der Waals surface area (Å²) in [4.78, 5) is 13.2. The largest absolute Gasteiger partial charge is 0.478 e. The molecule has 2 rings (SSSR count). The van der Waals surface area contributed by atoms with E-state index < -0.39 is 5.97 Å². The van der Waals surface area contributed by atoms with Crippen LogP contribution in [0.3, 0.4) is 0 Å². The molecule has 0 saturated carbocycles. The third-order valence-electron chi connectivity index (χ3n) is 2.74. The van der Waals surface area contributed by atoms with Crippen LogP contribution in [0.5, 0.6) is 0 Å². The third kappa shape index (κ3) is 3.73. The average molecular weight is 384 g/mol. The molecule has 0 radical (unpaired) electrons. The highest BCUT2D eigenvalue weighted by Crippen LogP contribution is 2.29. The van der Waals surface area contributed by atoms with Gasteiger partial charge in [-0.3, -0.25) is 0 Å². The highest BCUT2D eigenvalue weighted by molar-refractivity contribution is 14.1. The zero-order valence-electron chi connectivity index (χ0n) is 10.4. The molecule has 2 aromatic rings. The Morgan fingerprint density at radius 1 is 1.16 bits per heavy atom. The van der Waals surface area contributed by atoms with Gasteiger partial charge in [-0.15, -0.1) is 0 Å². The normalized spacial score (nSPS) is 10.4. The molecule has 0 saturated heterocycles. The minimum atomic E-state index is -0.881. The van der Waals surface area contributed by atoms with Crippen molar-refractivity contribution in [2.75, 3.05) is 0 Å². The predicted octanol–water partition coefficient (Wildman–Crippen LogP) is 4.70. The van der Waals surface area contributed by atoms with Crippen molar-refractivity contribution in [1.82, 2.24) is 0 Å². The van der Waals surface area contributed by atoms with Gasteiger partial charge in [0.25, 0.3) is 0 Å². The summed E-state index contributed by atoms with van der Waals surface area (Å²) in [7, 11) is 0. The second kappa shape index (κ2) is 6.43. The number of hydrogen-bond donors (Lipinski definition) is 1. The highest BCUT2D eigenvalue weighted by Gasteiger charge is 2.09. The summed E-state index contributed by atoms with van der Waals surface area (Å²) >= 11 is 3.62. The van der Waals surface area contributed by atoms with Crippen LogP contribution >= 0.6 is 34.4 Å². The van der Waals surface area contributed by atoms with Gasteiger partial charge in [-0.2, -0.15) is 0 Å². The molecule has 2 nitrogen and oxygen atoms in total. The molecule has 0 amide bonds. The first kappa shape index (κ1) is 14.4. The molecule has 2 aromatic carbocycles. The van der Waals surface area contributed by atoms with Crippen molar-refractivity contribution in [3.8, 4) is 0 Å². The van der Waals surface area contributed by atoms with Crippen molar-refractivity contribution in [2.45, 2.75) is 23.1 Å². The molecule has 4 heteroatoms. The molecule has 0 aliphatic rings. The van der Waals surface area contributed by atoms with E-state index >= 15 is 0 Å². The van der Waals surface area contributed by atoms with Crippen LogP contribution < -0.4 is 0 Å². The van der Waals surface area contributed by atoms with Crippen molar-refractivity contribution in [2.24, 2.45) is 0 Å². The van der Waals surface area contributed by atoms with E-state index in [4.69, 9.17) is 5.11 Å². The second-order valence-electron chi connectivity index (χ2n) is 4.05. The summed E-state index contributed by atoms with van der Waals surface area (Å²) in [6, 6.07) is 13.9. The number of carboxylic acids is 1. The number of aromatic carboxylic acids is 1. The lowest BCUT2D eigenvalue weighted by atomic mass is 10.2. The Hall–Kier alpha value is -1.01. The van der Waals surface area contributed by atoms with Crippen molar-refractivity contribution in [3.63, 3.8) is 0 Å². The van der Waals surface area contributed by atoms with Gasteiger partial charge in [0.1, 0.15) is 0 Å². The molecular weight excluding hydrogens is 371 g/mol. The monoisotopic (exact) mass is 384 g/mol. The quantitative estimate of drug-likeness (QED) is 0.777. The average Bonchev–Trinajstić information content (AvgIpc) is 2.41. The van der Waals surface area contributed by atoms with Gasteiger partial charge in [-0.05, 0) is 64.9 Å². The van der Waals surface area contributed by atoms with Crippen LogP contribution in [-0.2, 0) is 6.42 Å². The van der Waals surface area contributed by atoms with Gasteiger partial charge >= 0.3 is 5.97 Å². The lowest BCUT2D eigenvalue weighted by Crippen LogP contribution is -1.99. The lowest BCUT2D eigenvalue weighted by Gasteiger charge is -2.05. The fraction of sp³-hybridized carbons (Fsp3) is 0.133. The van der Waals surface area contributed by atoms with Gasteiger partial charge < -0.3 is 5.11 Å². The molecule has 0 atom stereocenters. The van der Waals surface area contributed by atoms with Crippen molar-refractivity contribution >= 4 is 40.3 Å². The maximum atomic E-state index is 11.1. The van der Waals surface area contributed by atoms with Gasteiger partial charge in [-0.1, -0.05) is 30.8 Å².